The highest BCUT2D eigenvalue weighted by molar-refractivity contribution is 6.32. The van der Waals surface area contributed by atoms with Gasteiger partial charge in [-0.25, -0.2) is 0 Å². The first-order valence-corrected chi connectivity index (χ1v) is 11.1. The summed E-state index contributed by atoms with van der Waals surface area (Å²) in [6.45, 7) is 9.59. The van der Waals surface area contributed by atoms with Crippen LogP contribution in [0.25, 0.3) is 0 Å². The van der Waals surface area contributed by atoms with Crippen LogP contribution < -0.4 is 14.8 Å². The van der Waals surface area contributed by atoms with E-state index in [-0.39, 0.29) is 0 Å². The Kier molecular flexibility index (Phi) is 6.63. The summed E-state index contributed by atoms with van der Waals surface area (Å²) in [4.78, 5) is 2.57. The van der Waals surface area contributed by atoms with E-state index in [1.165, 1.54) is 31.5 Å². The van der Waals surface area contributed by atoms with Gasteiger partial charge in [-0.15, -0.1) is 0 Å². The number of ether oxygens (including phenoxy) is 2. The van der Waals surface area contributed by atoms with Crippen molar-refractivity contribution < 1.29 is 9.47 Å². The van der Waals surface area contributed by atoms with Crippen molar-refractivity contribution in [2.75, 3.05) is 26.2 Å². The molecule has 29 heavy (non-hydrogen) atoms. The van der Waals surface area contributed by atoms with E-state index >= 15 is 0 Å². The fraction of sp³-hybridized carbons (Fsp3) is 0.500. The molecule has 3 saturated heterocycles. The second-order valence-electron chi connectivity index (χ2n) is 8.24. The number of piperidine rings is 3. The number of fused-ring (bicyclic) bond motifs is 3. The van der Waals surface area contributed by atoms with E-state index in [1.54, 1.807) is 0 Å². The fourth-order valence-electron chi connectivity index (χ4n) is 4.41. The Balaban J connectivity index is 1.43. The van der Waals surface area contributed by atoms with E-state index < -0.39 is 0 Å². The predicted octanol–water partition coefficient (Wildman–Crippen LogP) is 4.81. The molecule has 5 heteroatoms. The highest BCUT2D eigenvalue weighted by Crippen LogP contribution is 2.37. The molecule has 2 aromatic rings. The highest BCUT2D eigenvalue weighted by Gasteiger charge is 2.33. The molecule has 2 bridgehead atoms. The van der Waals surface area contributed by atoms with Crippen molar-refractivity contribution in [1.82, 2.24) is 10.2 Å². The van der Waals surface area contributed by atoms with Gasteiger partial charge in [0, 0.05) is 19.1 Å². The van der Waals surface area contributed by atoms with Gasteiger partial charge in [-0.3, -0.25) is 0 Å². The lowest BCUT2D eigenvalue weighted by Gasteiger charge is -2.45. The first kappa shape index (κ1) is 20.5. The average molecular weight is 415 g/mol. The lowest BCUT2D eigenvalue weighted by molar-refractivity contribution is 0.0720. The number of aryl methyl sites for hydroxylation is 1. The van der Waals surface area contributed by atoms with Gasteiger partial charge >= 0.3 is 0 Å². The van der Waals surface area contributed by atoms with Gasteiger partial charge in [0.05, 0.1) is 11.6 Å². The molecule has 3 aliphatic rings. The number of hydrogen-bond donors (Lipinski definition) is 1. The van der Waals surface area contributed by atoms with Crippen LogP contribution in [0.15, 0.2) is 36.4 Å². The van der Waals surface area contributed by atoms with Crippen molar-refractivity contribution in [2.45, 2.75) is 45.9 Å². The first-order valence-electron chi connectivity index (χ1n) is 10.7. The predicted molar refractivity (Wildman–Crippen MR) is 118 cm³/mol. The Bertz CT molecular complexity index is 816. The fourth-order valence-corrected chi connectivity index (χ4v) is 4.70. The zero-order valence-corrected chi connectivity index (χ0v) is 18.2. The average Bonchev–Trinajstić information content (AvgIpc) is 2.74. The zero-order valence-electron chi connectivity index (χ0n) is 17.4. The maximum absolute atomic E-state index is 6.61. The largest absolute Gasteiger partial charge is 0.490 e. The molecular formula is C24H31ClN2O2. The van der Waals surface area contributed by atoms with Gasteiger partial charge in [0.25, 0.3) is 0 Å². The summed E-state index contributed by atoms with van der Waals surface area (Å²) >= 11 is 6.61. The van der Waals surface area contributed by atoms with E-state index in [0.29, 0.717) is 30.0 Å². The molecule has 2 aromatic carbocycles. The number of rotatable bonds is 8. The van der Waals surface area contributed by atoms with Crippen molar-refractivity contribution in [3.63, 3.8) is 0 Å². The van der Waals surface area contributed by atoms with Crippen molar-refractivity contribution in [2.24, 2.45) is 5.92 Å². The lowest BCUT2D eigenvalue weighted by Crippen LogP contribution is -2.55. The number of hydrogen-bond acceptors (Lipinski definition) is 4. The molecule has 1 atom stereocenters. The second kappa shape index (κ2) is 9.38. The minimum Gasteiger partial charge on any atom is -0.490 e. The number of benzene rings is 2. The molecule has 3 fully saturated rings. The quantitative estimate of drug-likeness (QED) is 0.672. The summed E-state index contributed by atoms with van der Waals surface area (Å²) in [5.74, 6) is 2.15. The number of nitrogens with one attached hydrogen (secondary N) is 1. The van der Waals surface area contributed by atoms with Gasteiger partial charge in [-0.1, -0.05) is 41.4 Å². The van der Waals surface area contributed by atoms with Crippen molar-refractivity contribution in [1.29, 1.82) is 0 Å². The topological polar surface area (TPSA) is 33.7 Å². The molecular weight excluding hydrogens is 384 g/mol. The Labute approximate surface area is 179 Å². The summed E-state index contributed by atoms with van der Waals surface area (Å²) < 4.78 is 11.9. The number of nitrogens with zero attached hydrogens (tertiary/aromatic N) is 1. The summed E-state index contributed by atoms with van der Waals surface area (Å²) in [6, 6.07) is 13.0. The first-order chi connectivity index (χ1) is 14.1. The third-order valence-corrected chi connectivity index (χ3v) is 6.38. The molecule has 3 heterocycles. The summed E-state index contributed by atoms with van der Waals surface area (Å²) in [6.07, 6.45) is 2.63. The Morgan fingerprint density at radius 1 is 1.07 bits per heavy atom. The smallest absolute Gasteiger partial charge is 0.180 e. The van der Waals surface area contributed by atoms with E-state index in [4.69, 9.17) is 21.1 Å². The molecule has 0 amide bonds. The van der Waals surface area contributed by atoms with Crippen LogP contribution in [0.1, 0.15) is 36.5 Å². The second-order valence-corrected chi connectivity index (χ2v) is 8.64. The molecule has 5 rings (SSSR count). The van der Waals surface area contributed by atoms with E-state index in [0.717, 1.165) is 35.9 Å². The highest BCUT2D eigenvalue weighted by atomic mass is 35.5. The third kappa shape index (κ3) is 5.06. The summed E-state index contributed by atoms with van der Waals surface area (Å²) in [7, 11) is 0. The van der Waals surface area contributed by atoms with Gasteiger partial charge in [-0.2, -0.15) is 0 Å². The number of halogens is 1. The van der Waals surface area contributed by atoms with Crippen LogP contribution in [-0.4, -0.2) is 37.2 Å². The molecule has 0 aromatic heterocycles. The van der Waals surface area contributed by atoms with E-state index in [9.17, 15) is 0 Å². The van der Waals surface area contributed by atoms with Gasteiger partial charge < -0.3 is 19.7 Å². The molecule has 3 aliphatic heterocycles. The zero-order chi connectivity index (χ0) is 20.2. The van der Waals surface area contributed by atoms with Crippen LogP contribution in [0, 0.1) is 12.8 Å². The van der Waals surface area contributed by atoms with Crippen LogP contribution in [0.3, 0.4) is 0 Å². The lowest BCUT2D eigenvalue weighted by atomic mass is 9.84. The van der Waals surface area contributed by atoms with Crippen LogP contribution in [0.5, 0.6) is 11.5 Å². The SMILES string of the molecule is CCOc1cc(CNC2CN3CCC2CC3)cc(Cl)c1OCc1ccc(C)cc1. The summed E-state index contributed by atoms with van der Waals surface area (Å²) in [5, 5.41) is 4.36. The van der Waals surface area contributed by atoms with Gasteiger partial charge in [0.1, 0.15) is 6.61 Å². The molecule has 0 saturated carbocycles. The van der Waals surface area contributed by atoms with Gasteiger partial charge in [0.2, 0.25) is 0 Å². The minimum atomic E-state index is 0.470. The third-order valence-electron chi connectivity index (χ3n) is 6.10. The Morgan fingerprint density at radius 3 is 2.48 bits per heavy atom. The molecule has 0 radical (unpaired) electrons. The van der Waals surface area contributed by atoms with Crippen molar-refractivity contribution in [3.05, 3.63) is 58.1 Å². The molecule has 0 spiro atoms. The molecule has 1 N–H and O–H groups in total. The standard InChI is InChI=1S/C24H31ClN2O2/c1-3-28-23-13-19(14-26-22-15-27-10-8-20(22)9-11-27)12-21(25)24(23)29-16-18-6-4-17(2)5-7-18/h4-7,12-13,20,22,26H,3,8-11,14-16H2,1-2H3. The molecule has 1 unspecified atom stereocenters. The summed E-state index contributed by atoms with van der Waals surface area (Å²) in [5.41, 5.74) is 3.49. The van der Waals surface area contributed by atoms with Gasteiger partial charge in [0.15, 0.2) is 11.5 Å². The van der Waals surface area contributed by atoms with Crippen LogP contribution in [0.4, 0.5) is 0 Å². The Morgan fingerprint density at radius 2 is 1.83 bits per heavy atom. The van der Waals surface area contributed by atoms with Crippen molar-refractivity contribution in [3.8, 4) is 11.5 Å². The van der Waals surface area contributed by atoms with E-state index in [1.807, 2.05) is 13.0 Å². The molecule has 4 nitrogen and oxygen atoms in total. The Hall–Kier alpha value is -1.75. The maximum Gasteiger partial charge on any atom is 0.180 e. The normalized spacial score (nSPS) is 23.2. The van der Waals surface area contributed by atoms with E-state index in [2.05, 4.69) is 47.5 Å². The van der Waals surface area contributed by atoms with Crippen molar-refractivity contribution >= 4 is 11.6 Å². The van der Waals surface area contributed by atoms with Gasteiger partial charge in [-0.05, 0) is 69.0 Å². The minimum absolute atomic E-state index is 0.470. The van der Waals surface area contributed by atoms with Crippen LogP contribution >= 0.6 is 11.6 Å². The molecule has 0 aliphatic carbocycles. The monoisotopic (exact) mass is 414 g/mol. The van der Waals surface area contributed by atoms with Crippen LogP contribution in [0.2, 0.25) is 5.02 Å². The maximum atomic E-state index is 6.61. The van der Waals surface area contributed by atoms with Crippen LogP contribution in [-0.2, 0) is 13.2 Å². The molecule has 156 valence electrons.